The van der Waals surface area contributed by atoms with Gasteiger partial charge < -0.3 is 15.1 Å². The highest BCUT2D eigenvalue weighted by atomic mass is 127. The second-order valence-corrected chi connectivity index (χ2v) is 6.21. The molecule has 2 rings (SSSR count). The van der Waals surface area contributed by atoms with E-state index < -0.39 is 12.7 Å². The molecule has 0 unspecified atom stereocenters. The van der Waals surface area contributed by atoms with Gasteiger partial charge in [-0.3, -0.25) is 9.89 Å². The molecule has 0 saturated carbocycles. The van der Waals surface area contributed by atoms with E-state index in [4.69, 9.17) is 4.42 Å². The molecule has 152 valence electrons. The first-order valence-corrected chi connectivity index (χ1v) is 8.47. The first kappa shape index (κ1) is 23.5. The molecule has 0 aliphatic rings. The van der Waals surface area contributed by atoms with E-state index in [-0.39, 0.29) is 24.0 Å². The molecule has 1 aromatic carbocycles. The highest BCUT2D eigenvalue weighted by molar-refractivity contribution is 14.0. The third kappa shape index (κ3) is 7.57. The summed E-state index contributed by atoms with van der Waals surface area (Å²) in [5, 5.41) is 7.35. The third-order valence-electron chi connectivity index (χ3n) is 4.04. The molecule has 9 heteroatoms. The van der Waals surface area contributed by atoms with E-state index in [1.54, 1.807) is 7.05 Å². The Morgan fingerprint density at radius 1 is 1.22 bits per heavy atom. The van der Waals surface area contributed by atoms with Gasteiger partial charge in [0.05, 0.1) is 13.1 Å². The maximum absolute atomic E-state index is 12.3. The van der Waals surface area contributed by atoms with Crippen molar-refractivity contribution in [1.29, 1.82) is 0 Å². The molecule has 0 saturated heterocycles. The van der Waals surface area contributed by atoms with Gasteiger partial charge in [-0.25, -0.2) is 0 Å². The Morgan fingerprint density at radius 3 is 2.56 bits per heavy atom. The minimum Gasteiger partial charge on any atom is -0.459 e. The zero-order chi connectivity index (χ0) is 19.2. The quantitative estimate of drug-likeness (QED) is 0.263. The van der Waals surface area contributed by atoms with Crippen LogP contribution >= 0.6 is 24.0 Å². The number of hydrogen-bond acceptors (Lipinski definition) is 3. The summed E-state index contributed by atoms with van der Waals surface area (Å²) >= 11 is 0. The van der Waals surface area contributed by atoms with Gasteiger partial charge in [0.2, 0.25) is 0 Å². The Balaban J connectivity index is 0.00000364. The number of aryl methyl sites for hydroxylation is 1. The van der Waals surface area contributed by atoms with Crippen molar-refractivity contribution in [3.8, 4) is 0 Å². The maximum atomic E-state index is 12.3. The van der Waals surface area contributed by atoms with E-state index in [0.717, 1.165) is 22.3 Å². The highest BCUT2D eigenvalue weighted by Gasteiger charge is 2.28. The molecule has 0 fully saturated rings. The summed E-state index contributed by atoms with van der Waals surface area (Å²) < 4.78 is 42.7. The fourth-order valence-electron chi connectivity index (χ4n) is 2.72. The molecular formula is C18H26F3IN4O. The molecule has 0 aliphatic carbocycles. The van der Waals surface area contributed by atoms with Crippen molar-refractivity contribution in [2.24, 2.45) is 4.99 Å². The Morgan fingerprint density at radius 2 is 1.93 bits per heavy atom. The number of halogens is 4. The van der Waals surface area contributed by atoms with E-state index >= 15 is 0 Å². The molecule has 0 radical (unpaired) electrons. The minimum atomic E-state index is -4.16. The molecule has 2 N–H and O–H groups in total. The number of aliphatic imine (C=N–C) groups is 1. The van der Waals surface area contributed by atoms with Gasteiger partial charge in [0.25, 0.3) is 0 Å². The fourth-order valence-corrected chi connectivity index (χ4v) is 2.72. The van der Waals surface area contributed by atoms with Gasteiger partial charge in [0.1, 0.15) is 11.3 Å². The van der Waals surface area contributed by atoms with Crippen molar-refractivity contribution in [3.05, 3.63) is 35.6 Å². The summed E-state index contributed by atoms with van der Waals surface area (Å²) in [5.41, 5.74) is 1.93. The average molecular weight is 498 g/mol. The second kappa shape index (κ2) is 10.7. The van der Waals surface area contributed by atoms with E-state index in [1.165, 1.54) is 11.9 Å². The summed E-state index contributed by atoms with van der Waals surface area (Å²) in [6.07, 6.45) is -3.58. The maximum Gasteiger partial charge on any atom is 0.401 e. The van der Waals surface area contributed by atoms with Gasteiger partial charge in [0.15, 0.2) is 5.96 Å². The molecule has 0 aliphatic heterocycles. The summed E-state index contributed by atoms with van der Waals surface area (Å²) in [4.78, 5) is 5.38. The molecule has 0 spiro atoms. The first-order valence-electron chi connectivity index (χ1n) is 8.47. The molecule has 27 heavy (non-hydrogen) atoms. The van der Waals surface area contributed by atoms with E-state index in [9.17, 15) is 13.2 Å². The molecule has 1 heterocycles. The van der Waals surface area contributed by atoms with Crippen LogP contribution in [0.1, 0.15) is 17.7 Å². The lowest BCUT2D eigenvalue weighted by atomic mass is 10.1. The number of rotatable bonds is 7. The predicted octanol–water partition coefficient (Wildman–Crippen LogP) is 3.91. The second-order valence-electron chi connectivity index (χ2n) is 6.21. The molecule has 1 aromatic heterocycles. The summed E-state index contributed by atoms with van der Waals surface area (Å²) in [6.45, 7) is 2.47. The lowest BCUT2D eigenvalue weighted by molar-refractivity contribution is -0.143. The Bertz CT molecular complexity index is 746. The van der Waals surface area contributed by atoms with Crippen molar-refractivity contribution in [3.63, 3.8) is 0 Å². The Labute approximate surface area is 174 Å². The van der Waals surface area contributed by atoms with Crippen molar-refractivity contribution in [2.75, 3.05) is 33.7 Å². The number of benzene rings is 1. The number of para-hydroxylation sites is 1. The van der Waals surface area contributed by atoms with Gasteiger partial charge in [-0.1, -0.05) is 18.2 Å². The lowest BCUT2D eigenvalue weighted by Gasteiger charge is -2.18. The number of hydrogen-bond donors (Lipinski definition) is 2. The number of nitrogens with zero attached hydrogens (tertiary/aromatic N) is 2. The van der Waals surface area contributed by atoms with Crippen molar-refractivity contribution in [2.45, 2.75) is 26.1 Å². The van der Waals surface area contributed by atoms with Gasteiger partial charge in [-0.2, -0.15) is 13.2 Å². The predicted molar refractivity (Wildman–Crippen MR) is 113 cm³/mol. The molecular weight excluding hydrogens is 472 g/mol. The summed E-state index contributed by atoms with van der Waals surface area (Å²) in [5.74, 6) is 1.42. The van der Waals surface area contributed by atoms with Crippen LogP contribution < -0.4 is 10.6 Å². The van der Waals surface area contributed by atoms with Crippen LogP contribution in [0, 0.1) is 6.92 Å². The van der Waals surface area contributed by atoms with Gasteiger partial charge >= 0.3 is 6.18 Å². The van der Waals surface area contributed by atoms with Crippen molar-refractivity contribution < 1.29 is 17.6 Å². The molecule has 0 amide bonds. The Kier molecular flexibility index (Phi) is 9.37. The molecule has 5 nitrogen and oxygen atoms in total. The number of furan rings is 1. The third-order valence-corrected chi connectivity index (χ3v) is 4.04. The van der Waals surface area contributed by atoms with Crippen LogP contribution in [0.3, 0.4) is 0 Å². The van der Waals surface area contributed by atoms with Crippen LogP contribution in [0.25, 0.3) is 11.0 Å². The first-order chi connectivity index (χ1) is 12.3. The van der Waals surface area contributed by atoms with E-state index in [0.29, 0.717) is 32.0 Å². The highest BCUT2D eigenvalue weighted by Crippen LogP contribution is 2.24. The van der Waals surface area contributed by atoms with Crippen LogP contribution in [0.4, 0.5) is 13.2 Å². The van der Waals surface area contributed by atoms with Gasteiger partial charge in [-0.05, 0) is 33.0 Å². The van der Waals surface area contributed by atoms with Gasteiger partial charge in [0, 0.05) is 24.5 Å². The number of guanidine groups is 1. The summed E-state index contributed by atoms with van der Waals surface area (Å²) in [6, 6.07) is 7.84. The fraction of sp³-hybridized carbons (Fsp3) is 0.500. The van der Waals surface area contributed by atoms with Crippen molar-refractivity contribution in [1.82, 2.24) is 15.5 Å². The lowest BCUT2D eigenvalue weighted by Crippen LogP contribution is -2.39. The van der Waals surface area contributed by atoms with E-state index in [2.05, 4.69) is 15.6 Å². The topological polar surface area (TPSA) is 52.8 Å². The zero-order valence-corrected chi connectivity index (χ0v) is 18.0. The number of fused-ring (bicyclic) bond motifs is 1. The van der Waals surface area contributed by atoms with Gasteiger partial charge in [-0.15, -0.1) is 24.0 Å². The zero-order valence-electron chi connectivity index (χ0n) is 15.7. The molecule has 2 aromatic rings. The molecule has 0 bridgehead atoms. The average Bonchev–Trinajstić information content (AvgIpc) is 2.89. The van der Waals surface area contributed by atoms with Crippen LogP contribution in [0.5, 0.6) is 0 Å². The monoisotopic (exact) mass is 498 g/mol. The number of alkyl halides is 3. The van der Waals surface area contributed by atoms with Crippen LogP contribution in [0.2, 0.25) is 0 Å². The largest absolute Gasteiger partial charge is 0.459 e. The van der Waals surface area contributed by atoms with E-state index in [1.807, 2.05) is 31.2 Å². The summed E-state index contributed by atoms with van der Waals surface area (Å²) in [7, 11) is 3.11. The van der Waals surface area contributed by atoms with Crippen molar-refractivity contribution >= 4 is 40.9 Å². The molecule has 0 atom stereocenters. The van der Waals surface area contributed by atoms with Crippen LogP contribution in [-0.4, -0.2) is 50.8 Å². The SMILES string of the molecule is CN=C(NCCCN(C)CC(F)(F)F)NCc1oc2ccccc2c1C.I. The smallest absolute Gasteiger partial charge is 0.401 e. The van der Waals surface area contributed by atoms with Crippen LogP contribution in [-0.2, 0) is 6.54 Å². The standard InChI is InChI=1S/C18H25F3N4O.HI/c1-13-14-7-4-5-8-15(14)26-16(13)11-24-17(22-2)23-9-6-10-25(3)12-18(19,20)21;/h4-5,7-8H,6,9-12H2,1-3H3,(H2,22,23,24);1H. The normalized spacial score (nSPS) is 12.3. The van der Waals surface area contributed by atoms with Crippen LogP contribution in [0.15, 0.2) is 33.7 Å². The number of nitrogens with one attached hydrogen (secondary N) is 2. The Hall–Kier alpha value is -1.49. The minimum absolute atomic E-state index is 0.